The maximum absolute atomic E-state index is 13.2. The highest BCUT2D eigenvalue weighted by Crippen LogP contribution is 2.29. The van der Waals surface area contributed by atoms with Crippen molar-refractivity contribution >= 4 is 18.3 Å². The minimum absolute atomic E-state index is 0. The summed E-state index contributed by atoms with van der Waals surface area (Å²) in [6.45, 7) is 2.35. The molecule has 3 rings (SSSR count). The summed E-state index contributed by atoms with van der Waals surface area (Å²) in [5.74, 6) is -2.19. The molecule has 2 heterocycles. The van der Waals surface area contributed by atoms with Gasteiger partial charge in [0.25, 0.3) is 11.8 Å². The molecule has 0 bridgehead atoms. The Morgan fingerprint density at radius 3 is 2.22 bits per heavy atom. The number of nitrogens with zero attached hydrogens (tertiary/aromatic N) is 1. The van der Waals surface area contributed by atoms with E-state index in [1.807, 2.05) is 24.3 Å². The number of alkyl halides is 2. The lowest BCUT2D eigenvalue weighted by Crippen LogP contribution is -2.42. The van der Waals surface area contributed by atoms with Gasteiger partial charge >= 0.3 is 0 Å². The molecule has 1 aromatic rings. The number of carbonyl (C=O) groups is 1. The number of hydrogen-bond donors (Lipinski definition) is 1. The van der Waals surface area contributed by atoms with Gasteiger partial charge in [-0.05, 0) is 49.5 Å². The first-order valence-corrected chi connectivity index (χ1v) is 8.03. The highest BCUT2D eigenvalue weighted by molar-refractivity contribution is 5.94. The average molecular weight is 345 g/mol. The van der Waals surface area contributed by atoms with Crippen LogP contribution in [0.25, 0.3) is 0 Å². The van der Waals surface area contributed by atoms with Gasteiger partial charge in [0.2, 0.25) is 0 Å². The summed E-state index contributed by atoms with van der Waals surface area (Å²) in [4.78, 5) is 13.9. The fraction of sp³-hybridized carbons (Fsp3) is 0.588. The summed E-state index contributed by atoms with van der Waals surface area (Å²) in [7, 11) is 0. The molecule has 0 atom stereocenters. The Morgan fingerprint density at radius 2 is 1.65 bits per heavy atom. The van der Waals surface area contributed by atoms with Crippen LogP contribution in [0.3, 0.4) is 0 Å². The molecule has 0 spiro atoms. The number of piperidine rings is 2. The Bertz CT molecular complexity index is 520. The molecule has 6 heteroatoms. The van der Waals surface area contributed by atoms with E-state index >= 15 is 0 Å². The third-order valence-electron chi connectivity index (χ3n) is 4.75. The standard InChI is InChI=1S/C17H22F2N2O.ClH/c18-17(19)7-11-21(12-8-17)16(22)15-3-1-13(2-4-15)14-5-9-20-10-6-14;/h1-4,14,20H,5-12H2;1H. The van der Waals surface area contributed by atoms with Crippen LogP contribution in [0.2, 0.25) is 0 Å². The number of nitrogens with one attached hydrogen (secondary N) is 1. The Balaban J connectivity index is 0.00000192. The molecule has 1 amide bonds. The molecule has 1 aromatic carbocycles. The van der Waals surface area contributed by atoms with E-state index in [0.29, 0.717) is 11.5 Å². The fourth-order valence-corrected chi connectivity index (χ4v) is 3.27. The molecule has 23 heavy (non-hydrogen) atoms. The molecular weight excluding hydrogens is 322 g/mol. The van der Waals surface area contributed by atoms with Crippen molar-refractivity contribution in [3.63, 3.8) is 0 Å². The molecule has 1 N–H and O–H groups in total. The first-order valence-electron chi connectivity index (χ1n) is 8.03. The minimum Gasteiger partial charge on any atom is -0.338 e. The van der Waals surface area contributed by atoms with E-state index < -0.39 is 5.92 Å². The lowest BCUT2D eigenvalue weighted by atomic mass is 9.90. The molecule has 2 saturated heterocycles. The van der Waals surface area contributed by atoms with Gasteiger partial charge < -0.3 is 10.2 Å². The first kappa shape index (κ1) is 18.1. The van der Waals surface area contributed by atoms with Crippen molar-refractivity contribution in [1.82, 2.24) is 10.2 Å². The van der Waals surface area contributed by atoms with Crippen LogP contribution in [0, 0.1) is 0 Å². The van der Waals surface area contributed by atoms with Crippen LogP contribution < -0.4 is 5.32 Å². The zero-order chi connectivity index (χ0) is 15.6. The van der Waals surface area contributed by atoms with Gasteiger partial charge in [-0.25, -0.2) is 8.78 Å². The van der Waals surface area contributed by atoms with Crippen molar-refractivity contribution in [1.29, 1.82) is 0 Å². The molecule has 128 valence electrons. The van der Waals surface area contributed by atoms with Crippen LogP contribution >= 0.6 is 12.4 Å². The second-order valence-corrected chi connectivity index (χ2v) is 6.29. The molecular formula is C17H23ClF2N2O. The number of benzene rings is 1. The Hall–Kier alpha value is -1.20. The molecule has 0 saturated carbocycles. The lowest BCUT2D eigenvalue weighted by Gasteiger charge is -2.31. The third kappa shape index (κ3) is 4.42. The number of halogens is 3. The van der Waals surface area contributed by atoms with E-state index in [4.69, 9.17) is 0 Å². The molecule has 3 nitrogen and oxygen atoms in total. The summed E-state index contributed by atoms with van der Waals surface area (Å²) < 4.78 is 26.3. The van der Waals surface area contributed by atoms with E-state index in [9.17, 15) is 13.6 Å². The normalized spacial score (nSPS) is 21.6. The van der Waals surface area contributed by atoms with Crippen LogP contribution in [0.4, 0.5) is 8.78 Å². The predicted molar refractivity (Wildman–Crippen MR) is 88.6 cm³/mol. The first-order chi connectivity index (χ1) is 10.6. The van der Waals surface area contributed by atoms with Crippen LogP contribution in [-0.2, 0) is 0 Å². The van der Waals surface area contributed by atoms with Crippen molar-refractivity contribution in [2.24, 2.45) is 0 Å². The number of hydrogen-bond acceptors (Lipinski definition) is 2. The maximum Gasteiger partial charge on any atom is 0.253 e. The topological polar surface area (TPSA) is 32.3 Å². The van der Waals surface area contributed by atoms with Crippen molar-refractivity contribution < 1.29 is 13.6 Å². The van der Waals surface area contributed by atoms with Crippen LogP contribution in [0.15, 0.2) is 24.3 Å². The van der Waals surface area contributed by atoms with Gasteiger partial charge in [-0.2, -0.15) is 0 Å². The molecule has 2 aliphatic rings. The second kappa shape index (κ2) is 7.58. The Morgan fingerprint density at radius 1 is 1.09 bits per heavy atom. The van der Waals surface area contributed by atoms with Gasteiger partial charge in [0.15, 0.2) is 0 Å². The molecule has 0 aromatic heterocycles. The molecule has 2 aliphatic heterocycles. The van der Waals surface area contributed by atoms with Gasteiger partial charge in [-0.1, -0.05) is 12.1 Å². The summed E-state index contributed by atoms with van der Waals surface area (Å²) in [5.41, 5.74) is 1.87. The van der Waals surface area contributed by atoms with Gasteiger partial charge in [0, 0.05) is 31.5 Å². The second-order valence-electron chi connectivity index (χ2n) is 6.29. The van der Waals surface area contributed by atoms with Crippen molar-refractivity contribution in [3.05, 3.63) is 35.4 Å². The average Bonchev–Trinajstić information content (AvgIpc) is 2.55. The minimum atomic E-state index is -2.62. The largest absolute Gasteiger partial charge is 0.338 e. The summed E-state index contributed by atoms with van der Waals surface area (Å²) in [6.07, 6.45) is 1.78. The lowest BCUT2D eigenvalue weighted by molar-refractivity contribution is -0.0494. The van der Waals surface area contributed by atoms with E-state index in [1.165, 1.54) is 10.5 Å². The van der Waals surface area contributed by atoms with Crippen LogP contribution in [0.1, 0.15) is 47.5 Å². The zero-order valence-electron chi connectivity index (χ0n) is 13.1. The molecule has 0 radical (unpaired) electrons. The number of rotatable bonds is 2. The van der Waals surface area contributed by atoms with Crippen molar-refractivity contribution in [2.45, 2.75) is 37.5 Å². The predicted octanol–water partition coefficient (Wildman–Crippen LogP) is 3.45. The smallest absolute Gasteiger partial charge is 0.253 e. The van der Waals surface area contributed by atoms with Gasteiger partial charge in [0.1, 0.15) is 0 Å². The highest BCUT2D eigenvalue weighted by Gasteiger charge is 2.35. The number of likely N-dealkylation sites (tertiary alicyclic amines) is 1. The molecule has 0 aliphatic carbocycles. The van der Waals surface area contributed by atoms with Crippen molar-refractivity contribution in [3.8, 4) is 0 Å². The van der Waals surface area contributed by atoms with Crippen LogP contribution in [0.5, 0.6) is 0 Å². The number of amides is 1. The Kier molecular flexibility index (Phi) is 5.98. The van der Waals surface area contributed by atoms with Gasteiger partial charge in [-0.15, -0.1) is 12.4 Å². The van der Waals surface area contributed by atoms with Gasteiger partial charge in [-0.3, -0.25) is 4.79 Å². The summed E-state index contributed by atoms with van der Waals surface area (Å²) in [5, 5.41) is 3.34. The van der Waals surface area contributed by atoms with E-state index in [1.54, 1.807) is 0 Å². The molecule has 0 unspecified atom stereocenters. The fourth-order valence-electron chi connectivity index (χ4n) is 3.27. The monoisotopic (exact) mass is 344 g/mol. The van der Waals surface area contributed by atoms with E-state index in [2.05, 4.69) is 5.32 Å². The zero-order valence-corrected chi connectivity index (χ0v) is 13.9. The summed E-state index contributed by atoms with van der Waals surface area (Å²) in [6, 6.07) is 7.71. The maximum atomic E-state index is 13.2. The SMILES string of the molecule is Cl.O=C(c1ccc(C2CCNCC2)cc1)N1CCC(F)(F)CC1. The Labute approximate surface area is 141 Å². The highest BCUT2D eigenvalue weighted by atomic mass is 35.5. The molecule has 2 fully saturated rings. The van der Waals surface area contributed by atoms with E-state index in [-0.39, 0.29) is 44.2 Å². The third-order valence-corrected chi connectivity index (χ3v) is 4.75. The quantitative estimate of drug-likeness (QED) is 0.891. The van der Waals surface area contributed by atoms with Crippen LogP contribution in [-0.4, -0.2) is 42.9 Å². The van der Waals surface area contributed by atoms with E-state index in [0.717, 1.165) is 25.9 Å². The number of carbonyl (C=O) groups excluding carboxylic acids is 1. The summed E-state index contributed by atoms with van der Waals surface area (Å²) >= 11 is 0. The van der Waals surface area contributed by atoms with Crippen molar-refractivity contribution in [2.75, 3.05) is 26.2 Å². The van der Waals surface area contributed by atoms with Gasteiger partial charge in [0.05, 0.1) is 0 Å².